The molecule has 2 aliphatic carbocycles. The minimum atomic E-state index is 0.538. The van der Waals surface area contributed by atoms with Gasteiger partial charge in [-0.2, -0.15) is 0 Å². The molecule has 100 valence electrons. The highest BCUT2D eigenvalue weighted by Gasteiger charge is 2.37. The van der Waals surface area contributed by atoms with Crippen molar-refractivity contribution in [1.82, 2.24) is 9.97 Å². The Bertz CT molecular complexity index is 648. The van der Waals surface area contributed by atoms with E-state index < -0.39 is 0 Å². The van der Waals surface area contributed by atoms with Crippen LogP contribution in [0.5, 0.6) is 0 Å². The van der Waals surface area contributed by atoms with Crippen molar-refractivity contribution >= 4 is 27.4 Å². The molecule has 0 aliphatic heterocycles. The molecular formula is C14H18N4S. The molecule has 5 heteroatoms. The number of hydrogen-bond acceptors (Lipinski definition) is 5. The third-order valence-electron chi connectivity index (χ3n) is 4.41. The van der Waals surface area contributed by atoms with E-state index in [1.807, 2.05) is 11.3 Å². The Hall–Kier alpha value is -1.20. The summed E-state index contributed by atoms with van der Waals surface area (Å²) < 4.78 is 0. The molecular weight excluding hydrogens is 256 g/mol. The summed E-state index contributed by atoms with van der Waals surface area (Å²) >= 11 is 1.84. The molecule has 0 spiro atoms. The summed E-state index contributed by atoms with van der Waals surface area (Å²) in [6.45, 7) is 2.26. The molecule has 0 bridgehead atoms. The van der Waals surface area contributed by atoms with Gasteiger partial charge >= 0.3 is 0 Å². The number of hydrogen-bond donors (Lipinski definition) is 2. The minimum absolute atomic E-state index is 0.538. The zero-order valence-corrected chi connectivity index (χ0v) is 11.9. The highest BCUT2D eigenvalue weighted by Crippen LogP contribution is 2.47. The molecule has 2 aliphatic rings. The normalized spacial score (nSPS) is 25.4. The molecule has 3 N–H and O–H groups in total. The number of aryl methyl sites for hydroxylation is 2. The Balaban J connectivity index is 1.92. The average Bonchev–Trinajstić information content (AvgIpc) is 3.04. The predicted octanol–water partition coefficient (Wildman–Crippen LogP) is 2.98. The Morgan fingerprint density at radius 2 is 2.05 bits per heavy atom. The summed E-state index contributed by atoms with van der Waals surface area (Å²) in [7, 11) is 0. The summed E-state index contributed by atoms with van der Waals surface area (Å²) in [5.41, 5.74) is 4.24. The van der Waals surface area contributed by atoms with Gasteiger partial charge in [-0.25, -0.2) is 15.8 Å². The highest BCUT2D eigenvalue weighted by atomic mass is 32.1. The molecule has 4 nitrogen and oxygen atoms in total. The van der Waals surface area contributed by atoms with Crippen LogP contribution in [0.1, 0.15) is 48.4 Å². The molecule has 2 heterocycles. The Morgan fingerprint density at radius 1 is 1.26 bits per heavy atom. The van der Waals surface area contributed by atoms with Crippen molar-refractivity contribution in [2.24, 2.45) is 11.8 Å². The van der Waals surface area contributed by atoms with Crippen LogP contribution in [0.2, 0.25) is 0 Å². The van der Waals surface area contributed by atoms with Crippen LogP contribution in [0.4, 0.5) is 5.82 Å². The second kappa shape index (κ2) is 4.15. The predicted molar refractivity (Wildman–Crippen MR) is 78.4 cm³/mol. The van der Waals surface area contributed by atoms with Crippen molar-refractivity contribution in [2.75, 3.05) is 5.43 Å². The lowest BCUT2D eigenvalue weighted by Crippen LogP contribution is -2.11. The number of thiophene rings is 1. The zero-order chi connectivity index (χ0) is 13.0. The van der Waals surface area contributed by atoms with Gasteiger partial charge in [0.1, 0.15) is 10.7 Å². The van der Waals surface area contributed by atoms with Gasteiger partial charge in [-0.15, -0.1) is 11.3 Å². The van der Waals surface area contributed by atoms with E-state index in [-0.39, 0.29) is 0 Å². The van der Waals surface area contributed by atoms with Crippen LogP contribution in [0, 0.1) is 5.92 Å². The molecule has 4 rings (SSSR count). The van der Waals surface area contributed by atoms with Crippen molar-refractivity contribution in [1.29, 1.82) is 0 Å². The van der Waals surface area contributed by atoms with Crippen LogP contribution in [0.15, 0.2) is 0 Å². The Kier molecular flexibility index (Phi) is 2.53. The minimum Gasteiger partial charge on any atom is -0.308 e. The van der Waals surface area contributed by atoms with E-state index in [4.69, 9.17) is 10.8 Å². The van der Waals surface area contributed by atoms with E-state index in [0.29, 0.717) is 5.92 Å². The maximum atomic E-state index is 5.70. The van der Waals surface area contributed by atoms with Crippen molar-refractivity contribution in [3.05, 3.63) is 16.3 Å². The molecule has 1 fully saturated rings. The first-order valence-corrected chi connectivity index (χ1v) is 7.88. The first-order chi connectivity index (χ1) is 9.28. The Morgan fingerprint density at radius 3 is 2.79 bits per heavy atom. The van der Waals surface area contributed by atoms with Crippen molar-refractivity contribution in [3.8, 4) is 0 Å². The lowest BCUT2D eigenvalue weighted by Gasteiger charge is -2.11. The second-order valence-corrected chi connectivity index (χ2v) is 6.87. The molecule has 2 atom stereocenters. The first kappa shape index (κ1) is 11.6. The number of nitrogens with one attached hydrogen (secondary N) is 1. The van der Waals surface area contributed by atoms with Gasteiger partial charge in [0.15, 0.2) is 5.82 Å². The topological polar surface area (TPSA) is 63.8 Å². The fourth-order valence-corrected chi connectivity index (χ4v) is 4.39. The van der Waals surface area contributed by atoms with Crippen molar-refractivity contribution < 1.29 is 0 Å². The van der Waals surface area contributed by atoms with Crippen LogP contribution in [-0.2, 0) is 12.8 Å². The SMILES string of the molecule is CC1CC1c1nc(NN)c2c3c(sc2n1)CCCC3. The van der Waals surface area contributed by atoms with Gasteiger partial charge in [0.2, 0.25) is 0 Å². The van der Waals surface area contributed by atoms with Gasteiger partial charge in [0.05, 0.1) is 5.39 Å². The van der Waals surface area contributed by atoms with Gasteiger partial charge in [-0.05, 0) is 43.6 Å². The van der Waals surface area contributed by atoms with E-state index in [1.165, 1.54) is 41.5 Å². The van der Waals surface area contributed by atoms with Gasteiger partial charge in [0.25, 0.3) is 0 Å². The molecule has 0 saturated heterocycles. The van der Waals surface area contributed by atoms with Crippen LogP contribution in [0.25, 0.3) is 10.2 Å². The van der Waals surface area contributed by atoms with Crippen molar-refractivity contribution in [3.63, 3.8) is 0 Å². The smallest absolute Gasteiger partial charge is 0.152 e. The van der Waals surface area contributed by atoms with E-state index in [1.54, 1.807) is 0 Å². The number of aromatic nitrogens is 2. The van der Waals surface area contributed by atoms with Crippen molar-refractivity contribution in [2.45, 2.75) is 44.9 Å². The standard InChI is InChI=1S/C14H18N4S/c1-7-6-9(7)12-16-13(18-15)11-8-4-2-3-5-10(8)19-14(11)17-12/h7,9H,2-6,15H2,1H3,(H,16,17,18). The second-order valence-electron chi connectivity index (χ2n) is 5.79. The summed E-state index contributed by atoms with van der Waals surface area (Å²) in [6, 6.07) is 0. The number of nitrogens with two attached hydrogens (primary N) is 1. The van der Waals surface area contributed by atoms with Gasteiger partial charge in [-0.1, -0.05) is 6.92 Å². The molecule has 0 amide bonds. The number of nitrogen functional groups attached to an aromatic ring is 1. The maximum absolute atomic E-state index is 5.70. The molecule has 1 saturated carbocycles. The van der Waals surface area contributed by atoms with E-state index in [2.05, 4.69) is 17.3 Å². The number of hydrazine groups is 1. The first-order valence-electron chi connectivity index (χ1n) is 7.06. The van der Waals surface area contributed by atoms with Crippen LogP contribution >= 0.6 is 11.3 Å². The van der Waals surface area contributed by atoms with Crippen LogP contribution < -0.4 is 11.3 Å². The summed E-state index contributed by atoms with van der Waals surface area (Å²) in [5, 5.41) is 1.18. The number of anilines is 1. The third-order valence-corrected chi connectivity index (χ3v) is 5.60. The quantitative estimate of drug-likeness (QED) is 0.653. The maximum Gasteiger partial charge on any atom is 0.152 e. The summed E-state index contributed by atoms with van der Waals surface area (Å²) in [4.78, 5) is 12.1. The fourth-order valence-electron chi connectivity index (χ4n) is 3.13. The summed E-state index contributed by atoms with van der Waals surface area (Å²) in [6.07, 6.45) is 6.11. The monoisotopic (exact) mass is 274 g/mol. The van der Waals surface area contributed by atoms with E-state index in [9.17, 15) is 0 Å². The van der Waals surface area contributed by atoms with Gasteiger partial charge in [0, 0.05) is 10.8 Å². The van der Waals surface area contributed by atoms with Gasteiger partial charge in [-0.3, -0.25) is 0 Å². The number of nitrogens with zero attached hydrogens (tertiary/aromatic N) is 2. The molecule has 2 aromatic rings. The van der Waals surface area contributed by atoms with E-state index in [0.717, 1.165) is 28.8 Å². The molecule has 0 aromatic carbocycles. The highest BCUT2D eigenvalue weighted by molar-refractivity contribution is 7.19. The average molecular weight is 274 g/mol. The van der Waals surface area contributed by atoms with Crippen LogP contribution in [0.3, 0.4) is 0 Å². The molecule has 2 aromatic heterocycles. The molecule has 2 unspecified atom stereocenters. The van der Waals surface area contributed by atoms with E-state index >= 15 is 0 Å². The summed E-state index contributed by atoms with van der Waals surface area (Å²) in [5.74, 6) is 8.76. The zero-order valence-electron chi connectivity index (χ0n) is 11.1. The van der Waals surface area contributed by atoms with Gasteiger partial charge < -0.3 is 5.43 Å². The lowest BCUT2D eigenvalue weighted by atomic mass is 9.97. The molecule has 19 heavy (non-hydrogen) atoms. The molecule has 0 radical (unpaired) electrons. The lowest BCUT2D eigenvalue weighted by molar-refractivity contribution is 0.700. The van der Waals surface area contributed by atoms with Crippen LogP contribution in [-0.4, -0.2) is 9.97 Å². The fraction of sp³-hybridized carbons (Fsp3) is 0.571. The Labute approximate surface area is 116 Å². The number of rotatable bonds is 2. The number of fused-ring (bicyclic) bond motifs is 3. The third kappa shape index (κ3) is 1.75. The largest absolute Gasteiger partial charge is 0.308 e.